The van der Waals surface area contributed by atoms with Crippen LogP contribution in [-0.4, -0.2) is 35.0 Å². The highest BCUT2D eigenvalue weighted by atomic mass is 16.5. The highest BCUT2D eigenvalue weighted by Crippen LogP contribution is 2.29. The lowest BCUT2D eigenvalue weighted by molar-refractivity contribution is -0.140. The van der Waals surface area contributed by atoms with Gasteiger partial charge in [-0.3, -0.25) is 4.79 Å². The van der Waals surface area contributed by atoms with Gasteiger partial charge in [0.05, 0.1) is 6.10 Å². The van der Waals surface area contributed by atoms with E-state index < -0.39 is 12.2 Å². The molecule has 0 bridgehead atoms. The molecule has 4 nitrogen and oxygen atoms in total. The van der Waals surface area contributed by atoms with Crippen LogP contribution in [0.3, 0.4) is 0 Å². The molecular formula is C17H28O4. The summed E-state index contributed by atoms with van der Waals surface area (Å²) in [6.45, 7) is 9.69. The van der Waals surface area contributed by atoms with E-state index in [1.165, 1.54) is 6.92 Å². The van der Waals surface area contributed by atoms with Crippen molar-refractivity contribution in [2.24, 2.45) is 11.8 Å². The summed E-state index contributed by atoms with van der Waals surface area (Å²) in [6.07, 6.45) is 3.32. The van der Waals surface area contributed by atoms with Crippen molar-refractivity contribution in [3.63, 3.8) is 0 Å². The minimum absolute atomic E-state index is 0.00409. The minimum atomic E-state index is -0.860. The molecule has 120 valence electrons. The Morgan fingerprint density at radius 2 is 2.10 bits per heavy atom. The number of aliphatic hydroxyl groups excluding tert-OH is 2. The van der Waals surface area contributed by atoms with Gasteiger partial charge in [0.15, 0.2) is 0 Å². The van der Waals surface area contributed by atoms with E-state index in [4.69, 9.17) is 4.74 Å². The smallest absolute Gasteiger partial charge is 0.302 e. The molecule has 0 aliphatic heterocycles. The van der Waals surface area contributed by atoms with Crippen LogP contribution in [0, 0.1) is 11.8 Å². The van der Waals surface area contributed by atoms with Gasteiger partial charge in [0.2, 0.25) is 0 Å². The van der Waals surface area contributed by atoms with E-state index in [0.29, 0.717) is 18.6 Å². The van der Waals surface area contributed by atoms with Crippen LogP contribution in [-0.2, 0) is 9.53 Å². The third kappa shape index (κ3) is 5.64. The predicted molar refractivity (Wildman–Crippen MR) is 82.7 cm³/mol. The largest absolute Gasteiger partial charge is 0.461 e. The molecule has 0 aromatic carbocycles. The molecule has 0 saturated carbocycles. The summed E-state index contributed by atoms with van der Waals surface area (Å²) < 4.78 is 5.08. The number of allylic oxidation sites excluding steroid dienone is 1. The summed E-state index contributed by atoms with van der Waals surface area (Å²) in [7, 11) is 0. The van der Waals surface area contributed by atoms with Crippen LogP contribution in [0.15, 0.2) is 23.8 Å². The van der Waals surface area contributed by atoms with Crippen LogP contribution < -0.4 is 0 Å². The van der Waals surface area contributed by atoms with Gasteiger partial charge >= 0.3 is 5.97 Å². The Kier molecular flexibility index (Phi) is 7.12. The van der Waals surface area contributed by atoms with Gasteiger partial charge in [0, 0.05) is 6.92 Å². The van der Waals surface area contributed by atoms with Crippen LogP contribution in [0.5, 0.6) is 0 Å². The Bertz CT molecular complexity index is 398. The Morgan fingerprint density at radius 1 is 1.43 bits per heavy atom. The third-order valence-corrected chi connectivity index (χ3v) is 4.19. The molecule has 3 atom stereocenters. The van der Waals surface area contributed by atoms with Gasteiger partial charge in [-0.05, 0) is 48.7 Å². The molecule has 0 amide bonds. The zero-order valence-electron chi connectivity index (χ0n) is 13.3. The Balaban J connectivity index is 2.84. The molecule has 0 aromatic rings. The number of rotatable bonds is 3. The number of ether oxygens (including phenoxy) is 1. The summed E-state index contributed by atoms with van der Waals surface area (Å²) in [5, 5.41) is 20.6. The lowest BCUT2D eigenvalue weighted by Crippen LogP contribution is -2.37. The lowest BCUT2D eigenvalue weighted by Gasteiger charge is -2.31. The summed E-state index contributed by atoms with van der Waals surface area (Å²) in [6, 6.07) is 0. The van der Waals surface area contributed by atoms with Crippen molar-refractivity contribution in [3.8, 4) is 0 Å². The van der Waals surface area contributed by atoms with Crippen molar-refractivity contribution in [1.29, 1.82) is 0 Å². The second kappa shape index (κ2) is 8.35. The molecule has 1 rings (SSSR count). The molecule has 0 unspecified atom stereocenters. The van der Waals surface area contributed by atoms with Gasteiger partial charge in [-0.2, -0.15) is 0 Å². The molecule has 1 aliphatic rings. The maximum Gasteiger partial charge on any atom is 0.302 e. The number of carbonyl (C=O) groups is 1. The van der Waals surface area contributed by atoms with E-state index in [1.807, 2.05) is 13.8 Å². The van der Waals surface area contributed by atoms with Crippen molar-refractivity contribution < 1.29 is 19.7 Å². The van der Waals surface area contributed by atoms with Gasteiger partial charge in [-0.1, -0.05) is 26.5 Å². The van der Waals surface area contributed by atoms with Crippen LogP contribution in [0.1, 0.15) is 46.5 Å². The highest BCUT2D eigenvalue weighted by Gasteiger charge is 2.30. The first-order valence-electron chi connectivity index (χ1n) is 7.68. The lowest BCUT2D eigenvalue weighted by atomic mass is 9.80. The molecular weight excluding hydrogens is 268 g/mol. The van der Waals surface area contributed by atoms with Crippen molar-refractivity contribution in [2.45, 2.75) is 58.7 Å². The number of aliphatic hydroxyl groups is 2. The van der Waals surface area contributed by atoms with E-state index in [9.17, 15) is 15.0 Å². The zero-order chi connectivity index (χ0) is 16.0. The summed E-state index contributed by atoms with van der Waals surface area (Å²) in [5.74, 6) is -0.0271. The van der Waals surface area contributed by atoms with Crippen molar-refractivity contribution in [3.05, 3.63) is 23.8 Å². The number of esters is 1. The first-order chi connectivity index (χ1) is 9.82. The fourth-order valence-electron chi connectivity index (χ4n) is 2.76. The number of hydrogen-bond donors (Lipinski definition) is 2. The van der Waals surface area contributed by atoms with Crippen molar-refractivity contribution in [1.82, 2.24) is 0 Å². The van der Waals surface area contributed by atoms with E-state index in [1.54, 1.807) is 0 Å². The maximum absolute atomic E-state index is 10.9. The Hall–Kier alpha value is -1.13. The second-order valence-corrected chi connectivity index (χ2v) is 6.22. The third-order valence-electron chi connectivity index (χ3n) is 4.19. The Labute approximate surface area is 127 Å². The standard InChI is InChI=1S/C17H28O4/c1-11(2)15-9-8-14(10-21-13(4)18)7-5-6-12(3)16(19)17(15)20/h7,11,15-17,19-20H,3,5-6,8-10H2,1-2,4H3/b14-7-/t15-,16+,17+/m0/s1. The van der Waals surface area contributed by atoms with Crippen LogP contribution >= 0.6 is 0 Å². The zero-order valence-corrected chi connectivity index (χ0v) is 13.3. The van der Waals surface area contributed by atoms with Gasteiger partial charge in [-0.15, -0.1) is 0 Å². The summed E-state index contributed by atoms with van der Waals surface area (Å²) >= 11 is 0. The molecule has 0 saturated heterocycles. The fraction of sp³-hybridized carbons (Fsp3) is 0.706. The second-order valence-electron chi connectivity index (χ2n) is 6.22. The van der Waals surface area contributed by atoms with E-state index in [0.717, 1.165) is 24.8 Å². The van der Waals surface area contributed by atoms with Gasteiger partial charge in [0.1, 0.15) is 12.7 Å². The fourth-order valence-corrected chi connectivity index (χ4v) is 2.76. The summed E-state index contributed by atoms with van der Waals surface area (Å²) in [4.78, 5) is 10.9. The normalized spacial score (nSPS) is 30.7. The van der Waals surface area contributed by atoms with E-state index in [-0.39, 0.29) is 17.8 Å². The average Bonchev–Trinajstić information content (AvgIpc) is 2.41. The predicted octanol–water partition coefficient (Wildman–Crippen LogP) is 2.60. The minimum Gasteiger partial charge on any atom is -0.461 e. The molecule has 0 radical (unpaired) electrons. The first-order valence-corrected chi connectivity index (χ1v) is 7.68. The summed E-state index contributed by atoms with van der Waals surface area (Å²) in [5.41, 5.74) is 1.74. The van der Waals surface area contributed by atoms with Crippen LogP contribution in [0.2, 0.25) is 0 Å². The van der Waals surface area contributed by atoms with Crippen molar-refractivity contribution >= 4 is 5.97 Å². The van der Waals surface area contributed by atoms with Crippen LogP contribution in [0.4, 0.5) is 0 Å². The highest BCUT2D eigenvalue weighted by molar-refractivity contribution is 5.66. The van der Waals surface area contributed by atoms with E-state index >= 15 is 0 Å². The van der Waals surface area contributed by atoms with Crippen LogP contribution in [0.25, 0.3) is 0 Å². The Morgan fingerprint density at radius 3 is 2.67 bits per heavy atom. The monoisotopic (exact) mass is 296 g/mol. The topological polar surface area (TPSA) is 66.8 Å². The molecule has 1 aliphatic carbocycles. The van der Waals surface area contributed by atoms with Gasteiger partial charge in [-0.25, -0.2) is 0 Å². The molecule has 0 spiro atoms. The van der Waals surface area contributed by atoms with E-state index in [2.05, 4.69) is 12.7 Å². The molecule has 2 N–H and O–H groups in total. The average molecular weight is 296 g/mol. The number of carbonyl (C=O) groups excluding carboxylic acids is 1. The first kappa shape index (κ1) is 17.9. The molecule has 4 heteroatoms. The van der Waals surface area contributed by atoms with Gasteiger partial charge < -0.3 is 14.9 Å². The quantitative estimate of drug-likeness (QED) is 0.620. The molecule has 0 heterocycles. The molecule has 0 fully saturated rings. The number of hydrogen-bond acceptors (Lipinski definition) is 4. The van der Waals surface area contributed by atoms with Gasteiger partial charge in [0.25, 0.3) is 0 Å². The molecule has 0 aromatic heterocycles. The van der Waals surface area contributed by atoms with Crippen molar-refractivity contribution in [2.75, 3.05) is 6.61 Å². The molecule has 21 heavy (non-hydrogen) atoms. The SMILES string of the molecule is C=C1CC/C=C(\COC(C)=O)CC[C@@H](C(C)C)[C@@H](O)[C@@H]1O. The maximum atomic E-state index is 10.9.